The number of hydrogen-bond donors (Lipinski definition) is 0. The molecule has 4 aromatic rings. The van der Waals surface area contributed by atoms with Crippen LogP contribution in [-0.4, -0.2) is 30.1 Å². The van der Waals surface area contributed by atoms with Gasteiger partial charge in [0.2, 0.25) is 0 Å². The molecule has 1 aliphatic heterocycles. The average Bonchev–Trinajstić information content (AvgIpc) is 3.10. The number of benzene rings is 3. The first-order valence-electron chi connectivity index (χ1n) is 9.96. The number of ether oxygens (including phenoxy) is 2. The molecule has 0 fully saturated rings. The third-order valence-corrected chi connectivity index (χ3v) is 6.42. The summed E-state index contributed by atoms with van der Waals surface area (Å²) in [6.07, 6.45) is 0. The molecule has 1 aliphatic rings. The zero-order valence-corrected chi connectivity index (χ0v) is 17.7. The van der Waals surface area contributed by atoms with E-state index in [1.165, 1.54) is 12.1 Å². The summed E-state index contributed by atoms with van der Waals surface area (Å²) in [4.78, 5) is 6.92. The molecule has 0 saturated heterocycles. The summed E-state index contributed by atoms with van der Waals surface area (Å²) in [6.45, 7) is 2.23. The van der Waals surface area contributed by atoms with Crippen LogP contribution in [0.2, 0.25) is 0 Å². The Bertz CT molecular complexity index is 1220. The highest BCUT2D eigenvalue weighted by Crippen LogP contribution is 2.40. The van der Waals surface area contributed by atoms with Crippen LogP contribution in [0.3, 0.4) is 0 Å². The summed E-state index contributed by atoms with van der Waals surface area (Å²) in [6, 6.07) is 16.1. The van der Waals surface area contributed by atoms with E-state index < -0.39 is 11.6 Å². The van der Waals surface area contributed by atoms with Crippen LogP contribution >= 0.6 is 11.3 Å². The van der Waals surface area contributed by atoms with Gasteiger partial charge in [-0.05, 0) is 42.0 Å². The van der Waals surface area contributed by atoms with Gasteiger partial charge in [0.1, 0.15) is 11.6 Å². The number of hydrogen-bond acceptors (Lipinski definition) is 5. The monoisotopic (exact) mass is 438 g/mol. The molecule has 4 nitrogen and oxygen atoms in total. The maximum absolute atomic E-state index is 13.6. The van der Waals surface area contributed by atoms with Crippen LogP contribution in [0.15, 0.2) is 54.6 Å². The number of thiazole rings is 1. The quantitative estimate of drug-likeness (QED) is 0.413. The van der Waals surface area contributed by atoms with Crippen molar-refractivity contribution >= 4 is 21.6 Å². The lowest BCUT2D eigenvalue weighted by atomic mass is 10.1. The van der Waals surface area contributed by atoms with Crippen LogP contribution in [0.4, 0.5) is 8.78 Å². The third kappa shape index (κ3) is 3.98. The number of fused-ring (bicyclic) bond motifs is 2. The molecule has 31 heavy (non-hydrogen) atoms. The fourth-order valence-electron chi connectivity index (χ4n) is 3.84. The molecule has 0 amide bonds. The molecular formula is C24H20F2N2O2S. The van der Waals surface area contributed by atoms with Crippen molar-refractivity contribution in [3.8, 4) is 22.1 Å². The van der Waals surface area contributed by atoms with Crippen molar-refractivity contribution in [3.05, 3.63) is 77.4 Å². The summed E-state index contributed by atoms with van der Waals surface area (Å²) < 4.78 is 39.7. The van der Waals surface area contributed by atoms with Gasteiger partial charge < -0.3 is 9.47 Å². The molecule has 0 atom stereocenters. The van der Waals surface area contributed by atoms with Gasteiger partial charge in [0.05, 0.1) is 17.3 Å². The zero-order chi connectivity index (χ0) is 21.4. The van der Waals surface area contributed by atoms with Crippen molar-refractivity contribution in [2.45, 2.75) is 13.1 Å². The smallest absolute Gasteiger partial charge is 0.165 e. The minimum absolute atomic E-state index is 0.480. The van der Waals surface area contributed by atoms with Gasteiger partial charge in [-0.25, -0.2) is 13.8 Å². The molecular weight excluding hydrogens is 418 g/mol. The number of methoxy groups -OCH3 is 1. The van der Waals surface area contributed by atoms with Crippen molar-refractivity contribution in [1.82, 2.24) is 9.88 Å². The van der Waals surface area contributed by atoms with Crippen LogP contribution in [-0.2, 0) is 13.1 Å². The van der Waals surface area contributed by atoms with Crippen LogP contribution in [0.25, 0.3) is 20.8 Å². The topological polar surface area (TPSA) is 34.6 Å². The van der Waals surface area contributed by atoms with Crippen LogP contribution in [0.1, 0.15) is 11.1 Å². The van der Waals surface area contributed by atoms with E-state index in [9.17, 15) is 8.78 Å². The second-order valence-electron chi connectivity index (χ2n) is 7.46. The van der Waals surface area contributed by atoms with E-state index in [0.29, 0.717) is 32.0 Å². The van der Waals surface area contributed by atoms with Gasteiger partial charge in [-0.3, -0.25) is 4.90 Å². The Balaban J connectivity index is 1.49. The first kappa shape index (κ1) is 19.9. The van der Waals surface area contributed by atoms with E-state index in [4.69, 9.17) is 14.5 Å². The van der Waals surface area contributed by atoms with E-state index in [-0.39, 0.29) is 0 Å². The highest BCUT2D eigenvalue weighted by molar-refractivity contribution is 7.21. The highest BCUT2D eigenvalue weighted by Gasteiger charge is 2.22. The fraction of sp³-hybridized carbons (Fsp3) is 0.208. The minimum Gasteiger partial charge on any atom is -0.493 e. The van der Waals surface area contributed by atoms with E-state index >= 15 is 0 Å². The van der Waals surface area contributed by atoms with Crippen molar-refractivity contribution < 1.29 is 18.3 Å². The third-order valence-electron chi connectivity index (χ3n) is 5.33. The van der Waals surface area contributed by atoms with Gasteiger partial charge in [0.25, 0.3) is 0 Å². The number of para-hydroxylation sites is 1. The van der Waals surface area contributed by atoms with Gasteiger partial charge >= 0.3 is 0 Å². The second-order valence-corrected chi connectivity index (χ2v) is 8.49. The molecule has 0 spiro atoms. The predicted octanol–water partition coefficient (Wildman–Crippen LogP) is 5.64. The van der Waals surface area contributed by atoms with Gasteiger partial charge in [0.15, 0.2) is 23.1 Å². The molecule has 2 heterocycles. The summed E-state index contributed by atoms with van der Waals surface area (Å²) >= 11 is 1.63. The van der Waals surface area contributed by atoms with Crippen LogP contribution < -0.4 is 9.47 Å². The summed E-state index contributed by atoms with van der Waals surface area (Å²) in [5.41, 5.74) is 3.63. The van der Waals surface area contributed by atoms with Gasteiger partial charge in [0, 0.05) is 30.8 Å². The van der Waals surface area contributed by atoms with Gasteiger partial charge in [-0.2, -0.15) is 0 Å². The molecule has 5 rings (SSSR count). The van der Waals surface area contributed by atoms with Gasteiger partial charge in [-0.1, -0.05) is 18.2 Å². The van der Waals surface area contributed by atoms with Crippen molar-refractivity contribution in [2.75, 3.05) is 20.3 Å². The molecule has 3 aromatic carbocycles. The Morgan fingerprint density at radius 2 is 1.97 bits per heavy atom. The number of nitrogens with zero attached hydrogens (tertiary/aromatic N) is 2. The van der Waals surface area contributed by atoms with Crippen LogP contribution in [0, 0.1) is 11.6 Å². The average molecular weight is 438 g/mol. The normalized spacial score (nSPS) is 14.2. The summed E-state index contributed by atoms with van der Waals surface area (Å²) in [7, 11) is 1.63. The standard InChI is InChI=1S/C24H20F2N2O2S/c1-29-21-12-16(24-27-20-4-2-3-5-22(20)31-24)11-17-14-28(8-9-30-23(17)21)13-15-6-7-18(25)19(26)10-15/h2-7,10-12H,8-9,13-14H2,1H3. The molecule has 0 aliphatic carbocycles. The SMILES string of the molecule is COc1cc(-c2nc3ccccc3s2)cc2c1OCCN(Cc1ccc(F)c(F)c1)C2. The second kappa shape index (κ2) is 8.24. The Hall–Kier alpha value is -3.03. The maximum Gasteiger partial charge on any atom is 0.165 e. The number of aromatic nitrogens is 1. The first-order chi connectivity index (χ1) is 15.1. The maximum atomic E-state index is 13.6. The largest absolute Gasteiger partial charge is 0.493 e. The molecule has 0 unspecified atom stereocenters. The summed E-state index contributed by atoms with van der Waals surface area (Å²) in [5.74, 6) is -0.274. The molecule has 0 N–H and O–H groups in total. The molecule has 0 saturated carbocycles. The lowest BCUT2D eigenvalue weighted by Gasteiger charge is -2.20. The highest BCUT2D eigenvalue weighted by atomic mass is 32.1. The van der Waals surface area contributed by atoms with Gasteiger partial charge in [-0.15, -0.1) is 11.3 Å². The van der Waals surface area contributed by atoms with E-state index in [1.54, 1.807) is 24.5 Å². The number of rotatable bonds is 4. The zero-order valence-electron chi connectivity index (χ0n) is 16.9. The first-order valence-corrected chi connectivity index (χ1v) is 10.8. The Labute approximate surface area is 182 Å². The fourth-order valence-corrected chi connectivity index (χ4v) is 4.79. The molecule has 0 bridgehead atoms. The minimum atomic E-state index is -0.835. The molecule has 7 heteroatoms. The molecule has 1 aromatic heterocycles. The lowest BCUT2D eigenvalue weighted by molar-refractivity contribution is 0.216. The molecule has 158 valence electrons. The van der Waals surface area contributed by atoms with Crippen molar-refractivity contribution in [1.29, 1.82) is 0 Å². The Morgan fingerprint density at radius 3 is 2.77 bits per heavy atom. The van der Waals surface area contributed by atoms with E-state index in [0.717, 1.165) is 37.7 Å². The van der Waals surface area contributed by atoms with Crippen LogP contribution in [0.5, 0.6) is 11.5 Å². The number of halogens is 2. The Morgan fingerprint density at radius 1 is 1.10 bits per heavy atom. The lowest BCUT2D eigenvalue weighted by Crippen LogP contribution is -2.25. The van der Waals surface area contributed by atoms with E-state index in [1.807, 2.05) is 24.3 Å². The van der Waals surface area contributed by atoms with E-state index in [2.05, 4.69) is 17.0 Å². The van der Waals surface area contributed by atoms with Crippen molar-refractivity contribution in [3.63, 3.8) is 0 Å². The predicted molar refractivity (Wildman–Crippen MR) is 118 cm³/mol. The Kier molecular flexibility index (Phi) is 5.29. The summed E-state index contributed by atoms with van der Waals surface area (Å²) in [5, 5.41) is 0.915. The van der Waals surface area contributed by atoms with Crippen molar-refractivity contribution in [2.24, 2.45) is 0 Å². The molecule has 0 radical (unpaired) electrons.